The monoisotopic (exact) mass is 284 g/mol. The first-order valence-corrected chi connectivity index (χ1v) is 11.6. The van der Waals surface area contributed by atoms with E-state index in [0.717, 1.165) is 13.2 Å². The zero-order chi connectivity index (χ0) is 10.3. The second-order valence-electron chi connectivity index (χ2n) is 3.51. The lowest BCUT2D eigenvalue weighted by Gasteiger charge is -2.09. The molecule has 2 heterocycles. The molecule has 88 valence electrons. The molecule has 0 aromatic heterocycles. The lowest BCUT2D eigenvalue weighted by molar-refractivity contribution is 0.397. The molecular weight excluding hydrogens is 266 g/mol. The molecule has 2 atom stereocenters. The third-order valence-corrected chi connectivity index (χ3v) is 10.4. The highest BCUT2D eigenvalue weighted by atomic mass is 32.7. The maximum Gasteiger partial charge on any atom is 0.0888 e. The van der Waals surface area contributed by atoms with E-state index in [1.54, 1.807) is 0 Å². The molecule has 0 amide bonds. The van der Waals surface area contributed by atoms with E-state index in [1.165, 1.54) is 43.1 Å². The van der Waals surface area contributed by atoms with Crippen LogP contribution in [0.15, 0.2) is 0 Å². The van der Waals surface area contributed by atoms with Gasteiger partial charge >= 0.3 is 0 Å². The quantitative estimate of drug-likeness (QED) is 0.534. The highest BCUT2D eigenvalue weighted by Crippen LogP contribution is 2.57. The van der Waals surface area contributed by atoms with Crippen LogP contribution in [0, 0.1) is 0 Å². The van der Waals surface area contributed by atoms with E-state index in [4.69, 9.17) is 9.05 Å². The highest BCUT2D eigenvalue weighted by molar-refractivity contribution is 8.55. The van der Waals surface area contributed by atoms with Crippen LogP contribution in [0.3, 0.4) is 0 Å². The fourth-order valence-corrected chi connectivity index (χ4v) is 8.85. The Labute approximate surface area is 103 Å². The first-order chi connectivity index (χ1) is 7.45. The Hall–Kier alpha value is 1.48. The second kappa shape index (κ2) is 7.74. The van der Waals surface area contributed by atoms with Gasteiger partial charge in [0.1, 0.15) is 0 Å². The molecule has 2 aliphatic rings. The van der Waals surface area contributed by atoms with Crippen LogP contribution in [-0.4, -0.2) is 37.0 Å². The summed E-state index contributed by atoms with van der Waals surface area (Å²) in [7, 11) is -0.173. The van der Waals surface area contributed by atoms with Crippen molar-refractivity contribution in [1.82, 2.24) is 0 Å². The van der Waals surface area contributed by atoms with Gasteiger partial charge in [-0.1, -0.05) is 6.42 Å². The largest absolute Gasteiger partial charge is 0.347 e. The first-order valence-electron chi connectivity index (χ1n) is 5.52. The minimum atomic E-state index is -0.0865. The summed E-state index contributed by atoms with van der Waals surface area (Å²) in [6, 6.07) is 0. The Bertz CT molecular complexity index is 155. The van der Waals surface area contributed by atoms with Crippen LogP contribution in [0.2, 0.25) is 0 Å². The van der Waals surface area contributed by atoms with E-state index in [-0.39, 0.29) is 14.7 Å². The van der Waals surface area contributed by atoms with Crippen molar-refractivity contribution in [3.8, 4) is 0 Å². The van der Waals surface area contributed by atoms with E-state index in [9.17, 15) is 0 Å². The fourth-order valence-electron chi connectivity index (χ4n) is 1.55. The summed E-state index contributed by atoms with van der Waals surface area (Å²) in [4.78, 5) is 0. The van der Waals surface area contributed by atoms with Crippen molar-refractivity contribution in [1.29, 1.82) is 0 Å². The van der Waals surface area contributed by atoms with Gasteiger partial charge in [-0.05, 0) is 12.8 Å². The summed E-state index contributed by atoms with van der Waals surface area (Å²) in [5.41, 5.74) is 0. The van der Waals surface area contributed by atoms with E-state index in [0.29, 0.717) is 0 Å². The Balaban J connectivity index is 1.41. The van der Waals surface area contributed by atoms with Gasteiger partial charge in [0.2, 0.25) is 0 Å². The third-order valence-electron chi connectivity index (χ3n) is 2.29. The maximum atomic E-state index is 5.64. The molecular formula is C9H18O2P2S2. The van der Waals surface area contributed by atoms with Crippen molar-refractivity contribution in [3.63, 3.8) is 0 Å². The first kappa shape index (κ1) is 12.9. The Morgan fingerprint density at radius 1 is 0.800 bits per heavy atom. The molecule has 2 unspecified atom stereocenters. The zero-order valence-corrected chi connectivity index (χ0v) is 12.3. The Morgan fingerprint density at radius 2 is 1.33 bits per heavy atom. The van der Waals surface area contributed by atoms with Crippen molar-refractivity contribution in [2.75, 3.05) is 37.0 Å². The van der Waals surface area contributed by atoms with Gasteiger partial charge in [0.05, 0.1) is 27.9 Å². The van der Waals surface area contributed by atoms with Crippen molar-refractivity contribution in [2.45, 2.75) is 19.3 Å². The summed E-state index contributed by atoms with van der Waals surface area (Å²) < 4.78 is 11.3. The van der Waals surface area contributed by atoms with E-state index >= 15 is 0 Å². The van der Waals surface area contributed by atoms with Crippen LogP contribution in [0.4, 0.5) is 0 Å². The van der Waals surface area contributed by atoms with Gasteiger partial charge in [-0.15, -0.1) is 22.8 Å². The lowest BCUT2D eigenvalue weighted by Crippen LogP contribution is -1.87. The van der Waals surface area contributed by atoms with Gasteiger partial charge in [-0.2, -0.15) is 0 Å². The molecule has 2 aliphatic heterocycles. The Kier molecular flexibility index (Phi) is 6.67. The molecule has 2 saturated heterocycles. The molecule has 0 aromatic rings. The van der Waals surface area contributed by atoms with E-state index in [2.05, 4.69) is 0 Å². The molecule has 0 bridgehead atoms. The second-order valence-corrected chi connectivity index (χ2v) is 11.6. The van der Waals surface area contributed by atoms with Crippen molar-refractivity contribution >= 4 is 37.5 Å². The number of rotatable bonds is 6. The molecule has 2 fully saturated rings. The maximum absolute atomic E-state index is 5.64. The number of unbranched alkanes of at least 4 members (excludes halogenated alkanes) is 2. The molecule has 2 nitrogen and oxygen atoms in total. The number of hydrogen-bond donors (Lipinski definition) is 0. The molecule has 2 rings (SSSR count). The smallest absolute Gasteiger partial charge is 0.0888 e. The van der Waals surface area contributed by atoms with Gasteiger partial charge in [0.15, 0.2) is 0 Å². The van der Waals surface area contributed by atoms with Gasteiger partial charge < -0.3 is 9.05 Å². The zero-order valence-electron chi connectivity index (χ0n) is 8.89. The summed E-state index contributed by atoms with van der Waals surface area (Å²) in [6.07, 6.45) is 6.70. The van der Waals surface area contributed by atoms with Crippen LogP contribution < -0.4 is 0 Å². The summed E-state index contributed by atoms with van der Waals surface area (Å²) >= 11 is 4.09. The van der Waals surface area contributed by atoms with Crippen molar-refractivity contribution in [2.24, 2.45) is 0 Å². The SMILES string of the molecule is C(CCP1OCCS1)CCP1OCCS1. The highest BCUT2D eigenvalue weighted by Gasteiger charge is 2.17. The predicted octanol–water partition coefficient (Wildman–Crippen LogP) is 4.31. The average molecular weight is 284 g/mol. The molecule has 0 saturated carbocycles. The van der Waals surface area contributed by atoms with Crippen LogP contribution in [0.25, 0.3) is 0 Å². The van der Waals surface area contributed by atoms with E-state index < -0.39 is 0 Å². The topological polar surface area (TPSA) is 18.5 Å². The van der Waals surface area contributed by atoms with E-state index in [1.807, 2.05) is 22.8 Å². The minimum Gasteiger partial charge on any atom is -0.347 e. The van der Waals surface area contributed by atoms with Gasteiger partial charge in [-0.3, -0.25) is 0 Å². The van der Waals surface area contributed by atoms with Crippen LogP contribution in [-0.2, 0) is 9.05 Å². The van der Waals surface area contributed by atoms with Gasteiger partial charge in [-0.25, -0.2) is 0 Å². The predicted molar refractivity (Wildman–Crippen MR) is 74.2 cm³/mol. The van der Waals surface area contributed by atoms with Crippen molar-refractivity contribution in [3.05, 3.63) is 0 Å². The summed E-state index contributed by atoms with van der Waals surface area (Å²) in [6.45, 7) is 1.98. The standard InChI is InChI=1S/C9H18O2P2S2/c1(2-6-12-10-4-8-14-12)3-7-13-11-5-9-15-13/h1-9H2. The van der Waals surface area contributed by atoms with Crippen molar-refractivity contribution < 1.29 is 9.05 Å². The number of hydrogen-bond acceptors (Lipinski definition) is 4. The molecule has 6 heteroatoms. The van der Waals surface area contributed by atoms with Gasteiger partial charge in [0, 0.05) is 23.8 Å². The normalized spacial score (nSPS) is 31.2. The molecule has 15 heavy (non-hydrogen) atoms. The lowest BCUT2D eigenvalue weighted by atomic mass is 10.3. The van der Waals surface area contributed by atoms with Crippen LogP contribution in [0.5, 0.6) is 0 Å². The average Bonchev–Trinajstić information content (AvgIpc) is 2.88. The van der Waals surface area contributed by atoms with Crippen LogP contribution in [0.1, 0.15) is 19.3 Å². The fraction of sp³-hybridized carbons (Fsp3) is 1.00. The Morgan fingerprint density at radius 3 is 1.73 bits per heavy atom. The molecule has 0 aliphatic carbocycles. The molecule has 0 radical (unpaired) electrons. The minimum absolute atomic E-state index is 0.0865. The summed E-state index contributed by atoms with van der Waals surface area (Å²) in [5, 5.41) is 0. The summed E-state index contributed by atoms with van der Waals surface area (Å²) in [5.74, 6) is 2.45. The third kappa shape index (κ3) is 5.10. The van der Waals surface area contributed by atoms with Gasteiger partial charge in [0.25, 0.3) is 0 Å². The molecule has 0 spiro atoms. The molecule has 0 aromatic carbocycles. The molecule has 0 N–H and O–H groups in total. The van der Waals surface area contributed by atoms with Crippen LogP contribution >= 0.6 is 37.5 Å².